The minimum Gasteiger partial charge on any atom is -0.295 e. The smallest absolute Gasteiger partial charge is 0.138 e. The van der Waals surface area contributed by atoms with Crippen LogP contribution in [-0.4, -0.2) is 9.55 Å². The molecule has 2 aromatic carbocycles. The number of rotatable bonds is 2. The summed E-state index contributed by atoms with van der Waals surface area (Å²) in [4.78, 5) is 4.28. The Labute approximate surface area is 136 Å². The predicted octanol–water partition coefficient (Wildman–Crippen LogP) is 4.79. The minimum atomic E-state index is -0.724. The monoisotopic (exact) mass is 422 g/mol. The third kappa shape index (κ3) is 2.62. The molecule has 0 aliphatic heterocycles. The van der Waals surface area contributed by atoms with Crippen molar-refractivity contribution < 1.29 is 13.2 Å². The number of imidazole rings is 1. The average molecular weight is 423 g/mol. The maximum atomic E-state index is 13.8. The summed E-state index contributed by atoms with van der Waals surface area (Å²) in [7, 11) is 0. The second-order valence-electron chi connectivity index (χ2n) is 4.38. The van der Waals surface area contributed by atoms with E-state index in [0.717, 1.165) is 18.2 Å². The molecule has 0 unspecified atom stereocenters. The van der Waals surface area contributed by atoms with Crippen molar-refractivity contribution in [2.24, 2.45) is 0 Å². The van der Waals surface area contributed by atoms with Crippen LogP contribution in [0, 0.1) is 21.0 Å². The van der Waals surface area contributed by atoms with Gasteiger partial charge in [0.15, 0.2) is 0 Å². The highest BCUT2D eigenvalue weighted by molar-refractivity contribution is 14.1. The zero-order valence-electron chi connectivity index (χ0n) is 10.4. The van der Waals surface area contributed by atoms with Crippen LogP contribution in [0.15, 0.2) is 30.3 Å². The first-order valence-corrected chi connectivity index (χ1v) is 7.49. The Kier molecular flexibility index (Phi) is 3.83. The van der Waals surface area contributed by atoms with Crippen molar-refractivity contribution in [1.82, 2.24) is 9.55 Å². The standard InChI is InChI=1S/C14H7ClF3IN2/c15-6-14-20-12-5-11(19)10(18)4-13(12)21(14)9-2-7(16)1-8(17)3-9/h1-5H,6H2. The van der Waals surface area contributed by atoms with E-state index in [0.29, 0.717) is 20.4 Å². The molecule has 0 radical (unpaired) electrons. The molecule has 3 aromatic rings. The Balaban J connectivity index is 2.36. The highest BCUT2D eigenvalue weighted by Gasteiger charge is 2.15. The van der Waals surface area contributed by atoms with E-state index < -0.39 is 17.5 Å². The molecule has 7 heteroatoms. The van der Waals surface area contributed by atoms with Crippen LogP contribution in [0.4, 0.5) is 13.2 Å². The lowest BCUT2D eigenvalue weighted by Crippen LogP contribution is -2.01. The number of alkyl halides is 1. The highest BCUT2D eigenvalue weighted by Crippen LogP contribution is 2.26. The number of halogens is 5. The first-order valence-electron chi connectivity index (χ1n) is 5.88. The Morgan fingerprint density at radius 2 is 1.71 bits per heavy atom. The maximum absolute atomic E-state index is 13.8. The fraction of sp³-hybridized carbons (Fsp3) is 0.0714. The van der Waals surface area contributed by atoms with Crippen LogP contribution in [0.25, 0.3) is 16.7 Å². The largest absolute Gasteiger partial charge is 0.295 e. The van der Waals surface area contributed by atoms with Gasteiger partial charge in [-0.2, -0.15) is 0 Å². The molecule has 1 aromatic heterocycles. The average Bonchev–Trinajstić information content (AvgIpc) is 2.75. The summed E-state index contributed by atoms with van der Waals surface area (Å²) in [5.74, 6) is -1.46. The van der Waals surface area contributed by atoms with Gasteiger partial charge in [-0.15, -0.1) is 11.6 Å². The summed E-state index contributed by atoms with van der Waals surface area (Å²) >= 11 is 7.70. The van der Waals surface area contributed by atoms with Gasteiger partial charge in [0.25, 0.3) is 0 Å². The fourth-order valence-corrected chi connectivity index (χ4v) is 2.80. The third-order valence-electron chi connectivity index (χ3n) is 2.99. The Morgan fingerprint density at radius 1 is 1.05 bits per heavy atom. The van der Waals surface area contributed by atoms with Crippen molar-refractivity contribution in [3.63, 3.8) is 0 Å². The third-order valence-corrected chi connectivity index (χ3v) is 4.06. The molecule has 3 rings (SSSR count). The van der Waals surface area contributed by atoms with Gasteiger partial charge in [0, 0.05) is 12.1 Å². The van der Waals surface area contributed by atoms with Crippen molar-refractivity contribution in [3.05, 3.63) is 57.2 Å². The predicted molar refractivity (Wildman–Crippen MR) is 83.2 cm³/mol. The number of hydrogen-bond acceptors (Lipinski definition) is 1. The number of aromatic nitrogens is 2. The van der Waals surface area contributed by atoms with E-state index >= 15 is 0 Å². The van der Waals surface area contributed by atoms with Gasteiger partial charge >= 0.3 is 0 Å². The van der Waals surface area contributed by atoms with Crippen LogP contribution in [0.1, 0.15) is 5.82 Å². The summed E-state index contributed by atoms with van der Waals surface area (Å²) in [5.41, 5.74) is 1.14. The van der Waals surface area contributed by atoms with Gasteiger partial charge in [-0.25, -0.2) is 18.2 Å². The second-order valence-corrected chi connectivity index (χ2v) is 5.81. The lowest BCUT2D eigenvalue weighted by Gasteiger charge is -2.08. The molecule has 0 amide bonds. The minimum absolute atomic E-state index is 0.0327. The summed E-state index contributed by atoms with van der Waals surface area (Å²) in [6.07, 6.45) is 0. The van der Waals surface area contributed by atoms with E-state index in [1.807, 2.05) is 22.6 Å². The molecule has 0 atom stereocenters. The first-order chi connectivity index (χ1) is 9.99. The van der Waals surface area contributed by atoms with Crippen LogP contribution in [-0.2, 0) is 5.88 Å². The number of fused-ring (bicyclic) bond motifs is 1. The summed E-state index contributed by atoms with van der Waals surface area (Å²) in [5, 5.41) is 0. The van der Waals surface area contributed by atoms with E-state index in [1.165, 1.54) is 10.6 Å². The normalized spacial score (nSPS) is 11.3. The van der Waals surface area contributed by atoms with Crippen LogP contribution in [0.5, 0.6) is 0 Å². The van der Waals surface area contributed by atoms with Crippen molar-refractivity contribution >= 4 is 45.2 Å². The van der Waals surface area contributed by atoms with Crippen LogP contribution >= 0.6 is 34.2 Å². The van der Waals surface area contributed by atoms with Gasteiger partial charge in [0.1, 0.15) is 23.3 Å². The lowest BCUT2D eigenvalue weighted by molar-refractivity contribution is 0.581. The maximum Gasteiger partial charge on any atom is 0.138 e. The van der Waals surface area contributed by atoms with Crippen molar-refractivity contribution in [3.8, 4) is 5.69 Å². The van der Waals surface area contributed by atoms with Gasteiger partial charge in [-0.05, 0) is 40.8 Å². The molecule has 0 bridgehead atoms. The molecule has 1 heterocycles. The molecule has 0 saturated heterocycles. The van der Waals surface area contributed by atoms with Crippen molar-refractivity contribution in [2.45, 2.75) is 5.88 Å². The van der Waals surface area contributed by atoms with E-state index in [4.69, 9.17) is 11.6 Å². The topological polar surface area (TPSA) is 17.8 Å². The SMILES string of the molecule is Fc1cc(F)cc(-n2c(CCl)nc3cc(I)c(F)cc32)c1. The molecular formula is C14H7ClF3IN2. The van der Waals surface area contributed by atoms with E-state index in [9.17, 15) is 13.2 Å². The van der Waals surface area contributed by atoms with E-state index in [2.05, 4.69) is 4.98 Å². The van der Waals surface area contributed by atoms with Gasteiger partial charge < -0.3 is 0 Å². The first kappa shape index (κ1) is 14.6. The van der Waals surface area contributed by atoms with E-state index in [-0.39, 0.29) is 11.6 Å². The summed E-state index contributed by atoms with van der Waals surface area (Å²) in [6.45, 7) is 0. The van der Waals surface area contributed by atoms with Crippen LogP contribution in [0.2, 0.25) is 0 Å². The number of nitrogens with zero attached hydrogens (tertiary/aromatic N) is 2. The second kappa shape index (κ2) is 5.49. The summed E-state index contributed by atoms with van der Waals surface area (Å²) in [6, 6.07) is 5.91. The Bertz CT molecular complexity index is 828. The molecule has 108 valence electrons. The van der Waals surface area contributed by atoms with Gasteiger partial charge in [0.2, 0.25) is 0 Å². The zero-order valence-corrected chi connectivity index (χ0v) is 13.3. The van der Waals surface area contributed by atoms with Gasteiger partial charge in [-0.3, -0.25) is 4.57 Å². The Hall–Kier alpha value is -1.28. The number of hydrogen-bond donors (Lipinski definition) is 0. The molecule has 0 N–H and O–H groups in total. The zero-order chi connectivity index (χ0) is 15.1. The molecule has 2 nitrogen and oxygen atoms in total. The van der Waals surface area contributed by atoms with E-state index in [1.54, 1.807) is 6.07 Å². The van der Waals surface area contributed by atoms with Crippen LogP contribution in [0.3, 0.4) is 0 Å². The van der Waals surface area contributed by atoms with Crippen molar-refractivity contribution in [2.75, 3.05) is 0 Å². The molecule has 0 spiro atoms. The Morgan fingerprint density at radius 3 is 2.33 bits per heavy atom. The van der Waals surface area contributed by atoms with Crippen molar-refractivity contribution in [1.29, 1.82) is 0 Å². The molecule has 0 saturated carbocycles. The molecule has 21 heavy (non-hydrogen) atoms. The highest BCUT2D eigenvalue weighted by atomic mass is 127. The quantitative estimate of drug-likeness (QED) is 0.429. The van der Waals surface area contributed by atoms with Gasteiger partial charge in [0.05, 0.1) is 26.2 Å². The van der Waals surface area contributed by atoms with Crippen LogP contribution < -0.4 is 0 Å². The molecule has 0 aliphatic carbocycles. The molecule has 0 aliphatic rings. The summed E-state index contributed by atoms with van der Waals surface area (Å²) < 4.78 is 42.5. The number of benzene rings is 2. The lowest BCUT2D eigenvalue weighted by atomic mass is 10.2. The van der Waals surface area contributed by atoms with Gasteiger partial charge in [-0.1, -0.05) is 0 Å². The fourth-order valence-electron chi connectivity index (χ4n) is 2.17. The molecule has 0 fully saturated rings. The molecular weight excluding hydrogens is 416 g/mol.